The molecule has 0 saturated carbocycles. The third kappa shape index (κ3) is 3.67. The number of amides is 1. The fraction of sp³-hybridized carbons (Fsp3) is 0.118. The van der Waals surface area contributed by atoms with E-state index in [2.05, 4.69) is 40.2 Å². The molecule has 11 heteroatoms. The molecule has 140 valence electrons. The normalized spacial score (nSPS) is 11.9. The molecule has 4 rings (SSSR count). The molecule has 0 bridgehead atoms. The molecule has 1 atom stereocenters. The quantitative estimate of drug-likeness (QED) is 0.481. The third-order valence-corrected chi connectivity index (χ3v) is 3.81. The minimum absolute atomic E-state index is 0.237. The fourth-order valence-electron chi connectivity index (χ4n) is 2.50. The Hall–Kier alpha value is -4.15. The van der Waals surface area contributed by atoms with Crippen LogP contribution in [0.2, 0.25) is 0 Å². The molecule has 1 unspecified atom stereocenters. The Kier molecular flexibility index (Phi) is 4.46. The molecule has 0 aliphatic rings. The summed E-state index contributed by atoms with van der Waals surface area (Å²) in [6.07, 6.45) is 5.09. The number of fused-ring (bicyclic) bond motifs is 1. The molecular weight excluding hydrogens is 364 g/mol. The first kappa shape index (κ1) is 17.3. The number of hydrogen-bond donors (Lipinski definition) is 3. The highest BCUT2D eigenvalue weighted by atomic mass is 16.6. The average Bonchev–Trinajstić information content (AvgIpc) is 3.16. The van der Waals surface area contributed by atoms with Crippen molar-refractivity contribution in [2.75, 3.05) is 0 Å². The molecule has 0 aliphatic heterocycles. The van der Waals surface area contributed by atoms with Crippen LogP contribution in [0.15, 0.2) is 48.0 Å². The standard InChI is InChI=1S/C17H14N8O3/c1-9(15-24-12(5-14(26)25-15)11-2-3-18-7-20-11)23-17(27)28-10-4-13-16(19-6-10)22-8-21-13/h2-9H,1H3,(H,23,27)(H,19,21,22)(H,24,25,26). The highest BCUT2D eigenvalue weighted by molar-refractivity contribution is 5.75. The Labute approximate surface area is 157 Å². The van der Waals surface area contributed by atoms with Crippen LogP contribution in [-0.4, -0.2) is 41.0 Å². The van der Waals surface area contributed by atoms with Crippen molar-refractivity contribution >= 4 is 17.3 Å². The first-order valence-corrected chi connectivity index (χ1v) is 8.23. The van der Waals surface area contributed by atoms with Gasteiger partial charge in [0.2, 0.25) is 0 Å². The number of ether oxygens (including phenoxy) is 1. The van der Waals surface area contributed by atoms with E-state index in [0.29, 0.717) is 22.6 Å². The first-order chi connectivity index (χ1) is 13.6. The number of carbonyl (C=O) groups excluding carboxylic acids is 1. The van der Waals surface area contributed by atoms with Gasteiger partial charge in [0, 0.05) is 18.3 Å². The van der Waals surface area contributed by atoms with Crippen molar-refractivity contribution in [3.63, 3.8) is 0 Å². The van der Waals surface area contributed by atoms with E-state index < -0.39 is 12.1 Å². The number of imidazole rings is 1. The van der Waals surface area contributed by atoms with Gasteiger partial charge in [0.1, 0.15) is 17.7 Å². The maximum absolute atomic E-state index is 12.2. The maximum atomic E-state index is 12.2. The second-order valence-electron chi connectivity index (χ2n) is 5.81. The molecule has 1 amide bonds. The van der Waals surface area contributed by atoms with Gasteiger partial charge in [-0.1, -0.05) is 0 Å². The second-order valence-corrected chi connectivity index (χ2v) is 5.81. The number of H-pyrrole nitrogens is 2. The lowest BCUT2D eigenvalue weighted by molar-refractivity contribution is 0.196. The van der Waals surface area contributed by atoms with Crippen molar-refractivity contribution < 1.29 is 9.53 Å². The molecule has 0 aromatic carbocycles. The number of nitrogens with one attached hydrogen (secondary N) is 3. The number of hydrogen-bond acceptors (Lipinski definition) is 8. The van der Waals surface area contributed by atoms with Gasteiger partial charge >= 0.3 is 6.09 Å². The van der Waals surface area contributed by atoms with Crippen LogP contribution in [0.3, 0.4) is 0 Å². The lowest BCUT2D eigenvalue weighted by Crippen LogP contribution is -2.31. The summed E-state index contributed by atoms with van der Waals surface area (Å²) in [6.45, 7) is 1.67. The van der Waals surface area contributed by atoms with Crippen molar-refractivity contribution in [2.24, 2.45) is 0 Å². The maximum Gasteiger partial charge on any atom is 0.413 e. The molecule has 4 heterocycles. The van der Waals surface area contributed by atoms with Crippen LogP contribution in [0.4, 0.5) is 4.79 Å². The predicted octanol–water partition coefficient (Wildman–Crippen LogP) is 1.35. The minimum atomic E-state index is -0.723. The lowest BCUT2D eigenvalue weighted by atomic mass is 10.2. The lowest BCUT2D eigenvalue weighted by Gasteiger charge is -2.13. The van der Waals surface area contributed by atoms with Gasteiger partial charge in [-0.05, 0) is 13.0 Å². The van der Waals surface area contributed by atoms with E-state index in [-0.39, 0.29) is 17.1 Å². The SMILES string of the molecule is CC(NC(=O)Oc1cnc2[nH]cnc2c1)c1nc(-c2ccncn2)cc(=O)[nH]1. The van der Waals surface area contributed by atoms with E-state index in [0.717, 1.165) is 0 Å². The fourth-order valence-corrected chi connectivity index (χ4v) is 2.50. The monoisotopic (exact) mass is 378 g/mol. The van der Waals surface area contributed by atoms with Gasteiger partial charge in [-0.2, -0.15) is 0 Å². The molecule has 0 radical (unpaired) electrons. The summed E-state index contributed by atoms with van der Waals surface area (Å²) in [5, 5.41) is 2.61. The molecule has 4 aromatic heterocycles. The summed E-state index contributed by atoms with van der Waals surface area (Å²) < 4.78 is 5.22. The van der Waals surface area contributed by atoms with E-state index in [1.54, 1.807) is 25.3 Å². The summed E-state index contributed by atoms with van der Waals surface area (Å²) in [4.78, 5) is 50.0. The summed E-state index contributed by atoms with van der Waals surface area (Å²) >= 11 is 0. The van der Waals surface area contributed by atoms with Crippen molar-refractivity contribution in [2.45, 2.75) is 13.0 Å². The Bertz CT molecular complexity index is 1190. The van der Waals surface area contributed by atoms with Crippen LogP contribution >= 0.6 is 0 Å². The molecule has 0 saturated heterocycles. The summed E-state index contributed by atoms with van der Waals surface area (Å²) in [6, 6.07) is 3.92. The molecular formula is C17H14N8O3. The van der Waals surface area contributed by atoms with Gasteiger partial charge in [0.15, 0.2) is 11.4 Å². The zero-order valence-electron chi connectivity index (χ0n) is 14.6. The van der Waals surface area contributed by atoms with Crippen LogP contribution in [0, 0.1) is 0 Å². The third-order valence-electron chi connectivity index (χ3n) is 3.81. The topological polar surface area (TPSA) is 151 Å². The van der Waals surface area contributed by atoms with E-state index in [4.69, 9.17) is 4.74 Å². The number of aromatic nitrogens is 7. The van der Waals surface area contributed by atoms with Gasteiger partial charge in [0.05, 0.1) is 30.0 Å². The summed E-state index contributed by atoms with van der Waals surface area (Å²) in [5.41, 5.74) is 1.66. The van der Waals surface area contributed by atoms with E-state index in [1.165, 1.54) is 24.9 Å². The molecule has 0 aliphatic carbocycles. The van der Waals surface area contributed by atoms with Crippen molar-refractivity contribution in [1.82, 2.24) is 40.2 Å². The highest BCUT2D eigenvalue weighted by Crippen LogP contribution is 2.16. The van der Waals surface area contributed by atoms with E-state index in [1.807, 2.05) is 0 Å². The summed E-state index contributed by atoms with van der Waals surface area (Å²) in [5.74, 6) is 0.499. The Morgan fingerprint density at radius 3 is 2.93 bits per heavy atom. The molecule has 4 aromatic rings. The number of rotatable bonds is 4. The number of aromatic amines is 2. The second kappa shape index (κ2) is 7.23. The van der Waals surface area contributed by atoms with Gasteiger partial charge in [-0.25, -0.2) is 29.7 Å². The van der Waals surface area contributed by atoms with Crippen LogP contribution in [-0.2, 0) is 0 Å². The van der Waals surface area contributed by atoms with Crippen molar-refractivity contribution in [3.8, 4) is 17.1 Å². The molecule has 0 spiro atoms. The van der Waals surface area contributed by atoms with Crippen LogP contribution in [0.1, 0.15) is 18.8 Å². The molecule has 0 fully saturated rings. The smallest absolute Gasteiger partial charge is 0.409 e. The van der Waals surface area contributed by atoms with Gasteiger partial charge in [0.25, 0.3) is 5.56 Å². The van der Waals surface area contributed by atoms with Crippen molar-refractivity contribution in [1.29, 1.82) is 0 Å². The van der Waals surface area contributed by atoms with Crippen LogP contribution in [0.5, 0.6) is 5.75 Å². The Balaban J connectivity index is 1.49. The van der Waals surface area contributed by atoms with Gasteiger partial charge in [-0.3, -0.25) is 4.79 Å². The zero-order chi connectivity index (χ0) is 19.5. The van der Waals surface area contributed by atoms with Crippen LogP contribution < -0.4 is 15.6 Å². The number of nitrogens with zero attached hydrogens (tertiary/aromatic N) is 5. The first-order valence-electron chi connectivity index (χ1n) is 8.23. The molecule has 28 heavy (non-hydrogen) atoms. The van der Waals surface area contributed by atoms with Gasteiger partial charge in [-0.15, -0.1) is 0 Å². The highest BCUT2D eigenvalue weighted by Gasteiger charge is 2.16. The van der Waals surface area contributed by atoms with Crippen LogP contribution in [0.25, 0.3) is 22.6 Å². The van der Waals surface area contributed by atoms with E-state index in [9.17, 15) is 9.59 Å². The Morgan fingerprint density at radius 2 is 2.11 bits per heavy atom. The summed E-state index contributed by atoms with van der Waals surface area (Å²) in [7, 11) is 0. The van der Waals surface area contributed by atoms with Gasteiger partial charge < -0.3 is 20.0 Å². The number of pyridine rings is 1. The average molecular weight is 378 g/mol. The van der Waals surface area contributed by atoms with E-state index >= 15 is 0 Å². The van der Waals surface area contributed by atoms with Crippen molar-refractivity contribution in [3.05, 3.63) is 59.4 Å². The Morgan fingerprint density at radius 1 is 1.21 bits per heavy atom. The zero-order valence-corrected chi connectivity index (χ0v) is 14.6. The largest absolute Gasteiger partial charge is 0.413 e. The number of carbonyl (C=O) groups is 1. The molecule has 3 N–H and O–H groups in total. The predicted molar refractivity (Wildman–Crippen MR) is 97.3 cm³/mol. The molecule has 11 nitrogen and oxygen atoms in total. The minimum Gasteiger partial charge on any atom is -0.409 e.